The molecule has 1 fully saturated rings. The lowest BCUT2D eigenvalue weighted by atomic mass is 9.87. The molecule has 4 rings (SSSR count). The number of amides is 1. The van der Waals surface area contributed by atoms with Gasteiger partial charge in [-0.1, -0.05) is 37.3 Å². The first-order chi connectivity index (χ1) is 13.3. The van der Waals surface area contributed by atoms with Crippen molar-refractivity contribution in [2.45, 2.75) is 38.1 Å². The van der Waals surface area contributed by atoms with Gasteiger partial charge in [0, 0.05) is 30.9 Å². The molecule has 138 valence electrons. The van der Waals surface area contributed by atoms with Crippen molar-refractivity contribution >= 4 is 5.91 Å². The molecular weight excluding hydrogens is 338 g/mol. The Labute approximate surface area is 158 Å². The van der Waals surface area contributed by atoms with Crippen LogP contribution in [0, 0.1) is 0 Å². The number of rotatable bonds is 5. The van der Waals surface area contributed by atoms with E-state index >= 15 is 0 Å². The van der Waals surface area contributed by atoms with Gasteiger partial charge >= 0.3 is 0 Å². The number of hydrogen-bond donors (Lipinski definition) is 0. The minimum absolute atomic E-state index is 0.0357. The van der Waals surface area contributed by atoms with Crippen LogP contribution in [0.5, 0.6) is 0 Å². The van der Waals surface area contributed by atoms with Crippen LogP contribution in [0.1, 0.15) is 48.2 Å². The standard InChI is InChI=1S/C21H23N5O/c1-2-17(16-8-4-3-5-9-16)19-10-6-12-25(19)21(27)18-14-23-20(15-22-18)26-13-7-11-24-26/h3-5,7-9,11,13-15,17,19H,2,6,10,12H2,1H3/t17-,19+/m0/s1. The molecule has 0 spiro atoms. The Morgan fingerprint density at radius 3 is 2.70 bits per heavy atom. The van der Waals surface area contributed by atoms with E-state index in [0.29, 0.717) is 17.4 Å². The number of benzene rings is 1. The third kappa shape index (κ3) is 3.47. The van der Waals surface area contributed by atoms with E-state index < -0.39 is 0 Å². The predicted octanol–water partition coefficient (Wildman–Crippen LogP) is 3.46. The number of likely N-dealkylation sites (tertiary alicyclic amines) is 1. The molecule has 2 atom stereocenters. The molecule has 0 radical (unpaired) electrons. The molecule has 1 aliphatic heterocycles. The van der Waals surface area contributed by atoms with Crippen molar-refractivity contribution < 1.29 is 4.79 Å². The van der Waals surface area contributed by atoms with E-state index in [9.17, 15) is 4.79 Å². The molecule has 3 heterocycles. The zero-order valence-corrected chi connectivity index (χ0v) is 15.4. The molecule has 1 amide bonds. The van der Waals surface area contributed by atoms with E-state index in [0.717, 1.165) is 25.8 Å². The first-order valence-corrected chi connectivity index (χ1v) is 9.46. The predicted molar refractivity (Wildman–Crippen MR) is 103 cm³/mol. The number of hydrogen-bond acceptors (Lipinski definition) is 4. The second-order valence-electron chi connectivity index (χ2n) is 6.84. The summed E-state index contributed by atoms with van der Waals surface area (Å²) in [5.74, 6) is 0.908. The minimum Gasteiger partial charge on any atom is -0.334 e. The summed E-state index contributed by atoms with van der Waals surface area (Å²) in [4.78, 5) is 23.8. The Kier molecular flexibility index (Phi) is 4.96. The number of carbonyl (C=O) groups is 1. The number of aromatic nitrogens is 4. The van der Waals surface area contributed by atoms with Crippen molar-refractivity contribution in [3.05, 3.63) is 72.4 Å². The molecule has 0 unspecified atom stereocenters. The Morgan fingerprint density at radius 1 is 1.19 bits per heavy atom. The Balaban J connectivity index is 1.55. The van der Waals surface area contributed by atoms with Crippen molar-refractivity contribution in [3.8, 4) is 5.82 Å². The van der Waals surface area contributed by atoms with Crippen LogP contribution < -0.4 is 0 Å². The van der Waals surface area contributed by atoms with Crippen LogP contribution in [-0.2, 0) is 0 Å². The van der Waals surface area contributed by atoms with Gasteiger partial charge in [-0.05, 0) is 30.9 Å². The molecule has 6 nitrogen and oxygen atoms in total. The molecule has 1 saturated heterocycles. The van der Waals surface area contributed by atoms with Crippen LogP contribution in [0.25, 0.3) is 5.82 Å². The Bertz CT molecular complexity index is 877. The summed E-state index contributed by atoms with van der Waals surface area (Å²) in [5, 5.41) is 4.14. The smallest absolute Gasteiger partial charge is 0.274 e. The highest BCUT2D eigenvalue weighted by Gasteiger charge is 2.35. The van der Waals surface area contributed by atoms with E-state index in [-0.39, 0.29) is 11.9 Å². The molecule has 0 bridgehead atoms. The highest BCUT2D eigenvalue weighted by molar-refractivity contribution is 5.92. The third-order valence-corrected chi connectivity index (χ3v) is 5.29. The van der Waals surface area contributed by atoms with Gasteiger partial charge < -0.3 is 4.90 Å². The van der Waals surface area contributed by atoms with Gasteiger partial charge in [0.05, 0.1) is 12.4 Å². The lowest BCUT2D eigenvalue weighted by Gasteiger charge is -2.31. The van der Waals surface area contributed by atoms with Gasteiger partial charge in [0.2, 0.25) is 0 Å². The fourth-order valence-electron chi connectivity index (χ4n) is 3.99. The van der Waals surface area contributed by atoms with E-state index in [4.69, 9.17) is 0 Å². The Morgan fingerprint density at radius 2 is 2.04 bits per heavy atom. The van der Waals surface area contributed by atoms with Gasteiger partial charge in [-0.3, -0.25) is 4.79 Å². The summed E-state index contributed by atoms with van der Waals surface area (Å²) in [6.45, 7) is 2.97. The molecule has 27 heavy (non-hydrogen) atoms. The normalized spacial score (nSPS) is 17.8. The van der Waals surface area contributed by atoms with E-state index in [1.165, 1.54) is 5.56 Å². The zero-order chi connectivity index (χ0) is 18.6. The van der Waals surface area contributed by atoms with E-state index in [2.05, 4.69) is 46.3 Å². The molecule has 1 aliphatic rings. The first kappa shape index (κ1) is 17.4. The average Bonchev–Trinajstić information content (AvgIpc) is 3.42. The molecule has 3 aromatic rings. The lowest BCUT2D eigenvalue weighted by molar-refractivity contribution is 0.0708. The SMILES string of the molecule is CC[C@@H](c1ccccc1)[C@H]1CCCN1C(=O)c1cnc(-n2cccn2)cn1. The van der Waals surface area contributed by atoms with Crippen molar-refractivity contribution in [2.24, 2.45) is 0 Å². The summed E-state index contributed by atoms with van der Waals surface area (Å²) in [6.07, 6.45) is 9.69. The fraction of sp³-hybridized carbons (Fsp3) is 0.333. The highest BCUT2D eigenvalue weighted by atomic mass is 16.2. The monoisotopic (exact) mass is 361 g/mol. The molecule has 0 N–H and O–H groups in total. The molecule has 0 aliphatic carbocycles. The maximum Gasteiger partial charge on any atom is 0.274 e. The highest BCUT2D eigenvalue weighted by Crippen LogP contribution is 2.34. The Hall–Kier alpha value is -3.02. The zero-order valence-electron chi connectivity index (χ0n) is 15.4. The maximum atomic E-state index is 13.1. The second-order valence-corrected chi connectivity index (χ2v) is 6.84. The van der Waals surface area contributed by atoms with Crippen LogP contribution >= 0.6 is 0 Å². The summed E-state index contributed by atoms with van der Waals surface area (Å²) >= 11 is 0. The van der Waals surface area contributed by atoms with Gasteiger partial charge in [0.15, 0.2) is 5.82 Å². The van der Waals surface area contributed by atoms with E-state index in [1.54, 1.807) is 29.5 Å². The largest absolute Gasteiger partial charge is 0.334 e. The first-order valence-electron chi connectivity index (χ1n) is 9.46. The number of carbonyl (C=O) groups excluding carboxylic acids is 1. The summed E-state index contributed by atoms with van der Waals surface area (Å²) in [7, 11) is 0. The van der Waals surface area contributed by atoms with Gasteiger partial charge in [-0.2, -0.15) is 5.10 Å². The van der Waals surface area contributed by atoms with Crippen LogP contribution in [0.2, 0.25) is 0 Å². The van der Waals surface area contributed by atoms with E-state index in [1.807, 2.05) is 17.0 Å². The van der Waals surface area contributed by atoms with Crippen LogP contribution in [0.3, 0.4) is 0 Å². The van der Waals surface area contributed by atoms with Gasteiger partial charge in [0.25, 0.3) is 5.91 Å². The molecule has 0 saturated carbocycles. The van der Waals surface area contributed by atoms with Crippen molar-refractivity contribution in [1.82, 2.24) is 24.6 Å². The second kappa shape index (κ2) is 7.70. The molecule has 6 heteroatoms. The lowest BCUT2D eigenvalue weighted by Crippen LogP contribution is -2.39. The van der Waals surface area contributed by atoms with Crippen LogP contribution in [0.4, 0.5) is 0 Å². The van der Waals surface area contributed by atoms with Crippen molar-refractivity contribution in [2.75, 3.05) is 6.54 Å². The number of nitrogens with zero attached hydrogens (tertiary/aromatic N) is 5. The molecule has 2 aromatic heterocycles. The average molecular weight is 361 g/mol. The van der Waals surface area contributed by atoms with Crippen molar-refractivity contribution in [1.29, 1.82) is 0 Å². The summed E-state index contributed by atoms with van der Waals surface area (Å²) < 4.78 is 1.63. The molecular formula is C21H23N5O. The summed E-state index contributed by atoms with van der Waals surface area (Å²) in [6, 6.07) is 12.5. The minimum atomic E-state index is -0.0357. The quantitative estimate of drug-likeness (QED) is 0.698. The van der Waals surface area contributed by atoms with Crippen LogP contribution in [-0.4, -0.2) is 43.1 Å². The fourth-order valence-corrected chi connectivity index (χ4v) is 3.99. The van der Waals surface area contributed by atoms with Gasteiger partial charge in [-0.15, -0.1) is 0 Å². The van der Waals surface area contributed by atoms with Crippen LogP contribution in [0.15, 0.2) is 61.2 Å². The van der Waals surface area contributed by atoms with Crippen molar-refractivity contribution in [3.63, 3.8) is 0 Å². The van der Waals surface area contributed by atoms with Gasteiger partial charge in [0.1, 0.15) is 5.69 Å². The topological polar surface area (TPSA) is 63.9 Å². The third-order valence-electron chi connectivity index (χ3n) is 5.29. The van der Waals surface area contributed by atoms with Gasteiger partial charge in [-0.25, -0.2) is 14.6 Å². The maximum absolute atomic E-state index is 13.1. The molecule has 1 aromatic carbocycles. The summed E-state index contributed by atoms with van der Waals surface area (Å²) in [5.41, 5.74) is 1.69.